The van der Waals surface area contributed by atoms with Gasteiger partial charge in [0.25, 0.3) is 5.91 Å². The zero-order chi connectivity index (χ0) is 16.9. The van der Waals surface area contributed by atoms with Crippen LogP contribution in [0.5, 0.6) is 0 Å². The number of aromatic nitrogens is 1. The van der Waals surface area contributed by atoms with Crippen LogP contribution in [-0.4, -0.2) is 10.9 Å². The summed E-state index contributed by atoms with van der Waals surface area (Å²) in [6, 6.07) is 10.2. The molecule has 0 aliphatic rings. The van der Waals surface area contributed by atoms with Crippen LogP contribution in [0.2, 0.25) is 10.0 Å². The van der Waals surface area contributed by atoms with E-state index in [-0.39, 0.29) is 5.91 Å². The molecule has 0 atom stereocenters. The molecule has 5 nitrogen and oxygen atoms in total. The van der Waals surface area contributed by atoms with E-state index in [0.717, 1.165) is 5.76 Å². The van der Waals surface area contributed by atoms with Gasteiger partial charge in [-0.3, -0.25) is 9.78 Å². The second kappa shape index (κ2) is 7.38. The molecule has 0 bridgehead atoms. The van der Waals surface area contributed by atoms with Crippen LogP contribution in [0.25, 0.3) is 0 Å². The molecule has 122 valence electrons. The summed E-state index contributed by atoms with van der Waals surface area (Å²) >= 11 is 11.9. The Hall–Kier alpha value is -2.50. The number of hydrogen-bond acceptors (Lipinski definition) is 4. The van der Waals surface area contributed by atoms with Crippen molar-refractivity contribution >= 4 is 40.5 Å². The van der Waals surface area contributed by atoms with Gasteiger partial charge in [-0.05, 0) is 36.4 Å². The molecule has 7 heteroatoms. The fourth-order valence-corrected chi connectivity index (χ4v) is 2.62. The molecule has 0 saturated heterocycles. The highest BCUT2D eigenvalue weighted by Crippen LogP contribution is 2.23. The Bertz CT molecular complexity index is 831. The van der Waals surface area contributed by atoms with Crippen LogP contribution in [0.3, 0.4) is 0 Å². The van der Waals surface area contributed by atoms with Gasteiger partial charge >= 0.3 is 0 Å². The van der Waals surface area contributed by atoms with Gasteiger partial charge in [0.15, 0.2) is 0 Å². The fraction of sp³-hybridized carbons (Fsp3) is 0.0588. The zero-order valence-electron chi connectivity index (χ0n) is 12.4. The van der Waals surface area contributed by atoms with Crippen molar-refractivity contribution in [2.24, 2.45) is 0 Å². The number of nitrogens with zero attached hydrogens (tertiary/aromatic N) is 1. The van der Waals surface area contributed by atoms with Crippen molar-refractivity contribution in [3.05, 3.63) is 76.4 Å². The van der Waals surface area contributed by atoms with Crippen molar-refractivity contribution in [2.75, 3.05) is 10.6 Å². The number of furan rings is 1. The monoisotopic (exact) mass is 361 g/mol. The fourth-order valence-electron chi connectivity index (χ4n) is 2.09. The minimum absolute atomic E-state index is 0.303. The van der Waals surface area contributed by atoms with Crippen molar-refractivity contribution in [3.63, 3.8) is 0 Å². The number of hydrogen-bond donors (Lipinski definition) is 2. The van der Waals surface area contributed by atoms with Gasteiger partial charge in [-0.25, -0.2) is 0 Å². The Labute approximate surface area is 148 Å². The summed E-state index contributed by atoms with van der Waals surface area (Å²) in [6.07, 6.45) is 4.73. The van der Waals surface area contributed by atoms with E-state index in [2.05, 4.69) is 15.6 Å². The van der Waals surface area contributed by atoms with Gasteiger partial charge in [0, 0.05) is 28.1 Å². The average molecular weight is 362 g/mol. The van der Waals surface area contributed by atoms with E-state index in [1.54, 1.807) is 36.7 Å². The quantitative estimate of drug-likeness (QED) is 0.681. The van der Waals surface area contributed by atoms with Crippen LogP contribution < -0.4 is 10.6 Å². The summed E-state index contributed by atoms with van der Waals surface area (Å²) < 4.78 is 5.25. The minimum Gasteiger partial charge on any atom is -0.467 e. The SMILES string of the molecule is O=C(Nc1cc(Cl)cc(Cl)c1)c1cncc(NCc2ccco2)c1. The van der Waals surface area contributed by atoms with Crippen molar-refractivity contribution in [2.45, 2.75) is 6.54 Å². The van der Waals surface area contributed by atoms with Crippen LogP contribution in [0.15, 0.2) is 59.5 Å². The Kier molecular flexibility index (Phi) is 5.03. The smallest absolute Gasteiger partial charge is 0.257 e. The standard InChI is InChI=1S/C17H13Cl2N3O2/c18-12-5-13(19)7-14(6-12)22-17(23)11-4-15(9-20-8-11)21-10-16-2-1-3-24-16/h1-9,21H,10H2,(H,22,23). The van der Waals surface area contributed by atoms with Gasteiger partial charge in [-0.2, -0.15) is 0 Å². The molecule has 0 saturated carbocycles. The summed E-state index contributed by atoms with van der Waals surface area (Å²) in [6.45, 7) is 0.504. The number of anilines is 2. The number of nitrogens with one attached hydrogen (secondary N) is 2. The van der Waals surface area contributed by atoms with E-state index >= 15 is 0 Å². The molecule has 24 heavy (non-hydrogen) atoms. The van der Waals surface area contributed by atoms with Gasteiger partial charge in [0.2, 0.25) is 0 Å². The average Bonchev–Trinajstić information content (AvgIpc) is 3.05. The number of amides is 1. The lowest BCUT2D eigenvalue weighted by Gasteiger charge is -2.08. The summed E-state index contributed by atoms with van der Waals surface area (Å²) in [4.78, 5) is 16.4. The van der Waals surface area contributed by atoms with Crippen molar-refractivity contribution in [1.82, 2.24) is 4.98 Å². The van der Waals surface area contributed by atoms with E-state index in [9.17, 15) is 4.79 Å². The van der Waals surface area contributed by atoms with Gasteiger partial charge in [0.1, 0.15) is 5.76 Å². The Morgan fingerprint density at radius 2 is 1.88 bits per heavy atom. The van der Waals surface area contributed by atoms with Gasteiger partial charge in [0.05, 0.1) is 24.1 Å². The highest BCUT2D eigenvalue weighted by atomic mass is 35.5. The first-order valence-corrected chi connectivity index (χ1v) is 7.84. The van der Waals surface area contributed by atoms with Crippen LogP contribution in [0.1, 0.15) is 16.1 Å². The zero-order valence-corrected chi connectivity index (χ0v) is 13.9. The maximum Gasteiger partial charge on any atom is 0.257 e. The largest absolute Gasteiger partial charge is 0.467 e. The number of halogens is 2. The number of carbonyl (C=O) groups excluding carboxylic acids is 1. The third-order valence-electron chi connectivity index (χ3n) is 3.17. The van der Waals surface area contributed by atoms with E-state index < -0.39 is 0 Å². The summed E-state index contributed by atoms with van der Waals surface area (Å²) in [5.74, 6) is 0.487. The van der Waals surface area contributed by atoms with E-state index in [4.69, 9.17) is 27.6 Å². The van der Waals surface area contributed by atoms with Gasteiger partial charge in [-0.1, -0.05) is 23.2 Å². The molecule has 3 aromatic rings. The third kappa shape index (κ3) is 4.28. The minimum atomic E-state index is -0.303. The van der Waals surface area contributed by atoms with E-state index in [0.29, 0.717) is 33.5 Å². The Morgan fingerprint density at radius 3 is 2.58 bits per heavy atom. The summed E-state index contributed by atoms with van der Waals surface area (Å²) in [7, 11) is 0. The summed E-state index contributed by atoms with van der Waals surface area (Å²) in [5.41, 5.74) is 1.64. The lowest BCUT2D eigenvalue weighted by Crippen LogP contribution is -2.12. The molecule has 0 unspecified atom stereocenters. The maximum atomic E-state index is 12.3. The van der Waals surface area contributed by atoms with Crippen molar-refractivity contribution in [1.29, 1.82) is 0 Å². The van der Waals surface area contributed by atoms with E-state index in [1.165, 1.54) is 6.20 Å². The predicted octanol–water partition coefficient (Wildman–Crippen LogP) is 4.85. The topological polar surface area (TPSA) is 67.2 Å². The highest BCUT2D eigenvalue weighted by molar-refractivity contribution is 6.35. The lowest BCUT2D eigenvalue weighted by atomic mass is 10.2. The molecule has 1 amide bonds. The Balaban J connectivity index is 1.69. The normalized spacial score (nSPS) is 10.4. The first kappa shape index (κ1) is 16.4. The number of pyridine rings is 1. The van der Waals surface area contributed by atoms with Crippen LogP contribution >= 0.6 is 23.2 Å². The first-order chi connectivity index (χ1) is 11.6. The molecule has 2 heterocycles. The number of rotatable bonds is 5. The van der Waals surface area contributed by atoms with Crippen LogP contribution in [-0.2, 0) is 6.54 Å². The van der Waals surface area contributed by atoms with Crippen LogP contribution in [0.4, 0.5) is 11.4 Å². The Morgan fingerprint density at radius 1 is 1.08 bits per heavy atom. The van der Waals surface area contributed by atoms with Gasteiger partial charge < -0.3 is 15.1 Å². The molecule has 2 N–H and O–H groups in total. The molecule has 0 aliphatic carbocycles. The molecule has 0 radical (unpaired) electrons. The molecular formula is C17H13Cl2N3O2. The first-order valence-electron chi connectivity index (χ1n) is 7.09. The third-order valence-corrected chi connectivity index (χ3v) is 3.60. The predicted molar refractivity (Wildman–Crippen MR) is 94.7 cm³/mol. The van der Waals surface area contributed by atoms with Crippen molar-refractivity contribution < 1.29 is 9.21 Å². The molecule has 0 spiro atoms. The van der Waals surface area contributed by atoms with Crippen LogP contribution in [0, 0.1) is 0 Å². The lowest BCUT2D eigenvalue weighted by molar-refractivity contribution is 0.102. The number of carbonyl (C=O) groups is 1. The molecular weight excluding hydrogens is 349 g/mol. The second-order valence-electron chi connectivity index (χ2n) is 5.01. The molecule has 0 aliphatic heterocycles. The highest BCUT2D eigenvalue weighted by Gasteiger charge is 2.09. The van der Waals surface area contributed by atoms with Crippen molar-refractivity contribution in [3.8, 4) is 0 Å². The molecule has 0 fully saturated rings. The molecule has 1 aromatic carbocycles. The van der Waals surface area contributed by atoms with E-state index in [1.807, 2.05) is 12.1 Å². The summed E-state index contributed by atoms with van der Waals surface area (Å²) in [5, 5.41) is 6.79. The second-order valence-corrected chi connectivity index (χ2v) is 5.88. The number of benzene rings is 1. The maximum absolute atomic E-state index is 12.3. The molecule has 2 aromatic heterocycles. The molecule has 3 rings (SSSR count). The van der Waals surface area contributed by atoms with Gasteiger partial charge in [-0.15, -0.1) is 0 Å².